The van der Waals surface area contributed by atoms with Gasteiger partial charge in [0.2, 0.25) is 0 Å². The van der Waals surface area contributed by atoms with E-state index in [1.165, 1.54) is 11.5 Å². The van der Waals surface area contributed by atoms with Gasteiger partial charge in [-0.25, -0.2) is 0 Å². The Kier molecular flexibility index (Phi) is 3.53. The predicted octanol–water partition coefficient (Wildman–Crippen LogP) is 1.92. The maximum Gasteiger partial charge on any atom is 0.267 e. The molecule has 0 aromatic carbocycles. The van der Waals surface area contributed by atoms with E-state index in [4.69, 9.17) is 0 Å². The zero-order chi connectivity index (χ0) is 11.5. The summed E-state index contributed by atoms with van der Waals surface area (Å²) >= 11 is 1.19. The van der Waals surface area contributed by atoms with Crippen molar-refractivity contribution >= 4 is 17.4 Å². The number of carbonyl (C=O) groups excluding carboxylic acids is 1. The molecule has 87 valence electrons. The van der Waals surface area contributed by atoms with Crippen LogP contribution in [0.15, 0.2) is 0 Å². The third-order valence-corrected chi connectivity index (χ3v) is 3.97. The third kappa shape index (κ3) is 2.24. The maximum atomic E-state index is 12.1. The number of nitrogens with zero attached hydrogens (tertiary/aromatic N) is 3. The molecule has 1 aromatic heterocycles. The molecule has 1 aliphatic rings. The molecule has 4 nitrogen and oxygen atoms in total. The molecule has 0 unspecified atom stereocenters. The first-order valence-corrected chi connectivity index (χ1v) is 6.37. The van der Waals surface area contributed by atoms with Gasteiger partial charge < -0.3 is 4.90 Å². The van der Waals surface area contributed by atoms with Gasteiger partial charge in [0, 0.05) is 13.1 Å². The Hall–Kier alpha value is -0.970. The molecule has 2 heterocycles. The fourth-order valence-corrected chi connectivity index (χ4v) is 2.62. The zero-order valence-corrected chi connectivity index (χ0v) is 10.3. The predicted molar refractivity (Wildman–Crippen MR) is 63.2 cm³/mol. The van der Waals surface area contributed by atoms with Crippen molar-refractivity contribution in [1.29, 1.82) is 0 Å². The number of carbonyl (C=O) groups is 1. The number of amides is 1. The van der Waals surface area contributed by atoms with E-state index >= 15 is 0 Å². The molecule has 1 saturated heterocycles. The van der Waals surface area contributed by atoms with Crippen molar-refractivity contribution in [3.05, 3.63) is 17.5 Å². The van der Waals surface area contributed by atoms with Gasteiger partial charge in [-0.2, -0.15) is 0 Å². The monoisotopic (exact) mass is 238 g/mol. The summed E-state index contributed by atoms with van der Waals surface area (Å²) in [6.07, 6.45) is 3.12. The standard InChI is InChI=1S/C11H16N3OS/c1-3-9-4-6-14(7-5-9)11(15)10-8(2)12-13-16-10/h9H,1,3-7H2,2H3. The minimum atomic E-state index is 0.0926. The fraction of sp³-hybridized carbons (Fsp3) is 0.636. The van der Waals surface area contributed by atoms with E-state index < -0.39 is 0 Å². The molecular weight excluding hydrogens is 222 g/mol. The van der Waals surface area contributed by atoms with E-state index in [2.05, 4.69) is 16.5 Å². The molecule has 0 N–H and O–H groups in total. The number of rotatable bonds is 2. The smallest absolute Gasteiger partial charge is 0.267 e. The quantitative estimate of drug-likeness (QED) is 0.791. The molecule has 1 aromatic rings. The molecule has 1 aliphatic heterocycles. The van der Waals surface area contributed by atoms with Crippen LogP contribution < -0.4 is 0 Å². The zero-order valence-electron chi connectivity index (χ0n) is 9.48. The first kappa shape index (κ1) is 11.5. The van der Waals surface area contributed by atoms with Crippen LogP contribution >= 0.6 is 11.5 Å². The molecule has 5 heteroatoms. The van der Waals surface area contributed by atoms with Gasteiger partial charge in [-0.15, -0.1) is 5.10 Å². The van der Waals surface area contributed by atoms with Gasteiger partial charge in [0.25, 0.3) is 5.91 Å². The first-order chi connectivity index (χ1) is 7.72. The molecule has 1 amide bonds. The Morgan fingerprint density at radius 2 is 2.25 bits per heavy atom. The Balaban J connectivity index is 2.00. The van der Waals surface area contributed by atoms with Gasteiger partial charge in [0.05, 0.1) is 5.69 Å². The summed E-state index contributed by atoms with van der Waals surface area (Å²) in [4.78, 5) is 14.7. The van der Waals surface area contributed by atoms with Gasteiger partial charge in [-0.3, -0.25) is 4.79 Å². The number of likely N-dealkylation sites (tertiary alicyclic amines) is 1. The number of piperidine rings is 1. The number of hydrogen-bond donors (Lipinski definition) is 0. The third-order valence-electron chi connectivity index (χ3n) is 3.16. The summed E-state index contributed by atoms with van der Waals surface area (Å²) in [5, 5.41) is 3.87. The summed E-state index contributed by atoms with van der Waals surface area (Å²) in [5.41, 5.74) is 0.745. The molecule has 0 bridgehead atoms. The molecule has 0 atom stereocenters. The normalized spacial score (nSPS) is 17.8. The highest BCUT2D eigenvalue weighted by atomic mass is 32.1. The SMILES string of the molecule is [CH2]CC1CCN(C(=O)c2snnc2C)CC1. The molecular formula is C11H16N3OS. The van der Waals surface area contributed by atoms with Gasteiger partial charge in [-0.1, -0.05) is 17.8 Å². The first-order valence-electron chi connectivity index (χ1n) is 5.60. The lowest BCUT2D eigenvalue weighted by molar-refractivity contribution is 0.0695. The van der Waals surface area contributed by atoms with E-state index in [-0.39, 0.29) is 5.91 Å². The van der Waals surface area contributed by atoms with Crippen LogP contribution in [0.5, 0.6) is 0 Å². The fourth-order valence-electron chi connectivity index (χ4n) is 2.00. The average molecular weight is 238 g/mol. The van der Waals surface area contributed by atoms with Gasteiger partial charge in [0.15, 0.2) is 0 Å². The second-order valence-electron chi connectivity index (χ2n) is 4.21. The highest BCUT2D eigenvalue weighted by molar-refractivity contribution is 7.07. The number of aromatic nitrogens is 2. The molecule has 2 rings (SSSR count). The molecule has 1 fully saturated rings. The Morgan fingerprint density at radius 1 is 1.56 bits per heavy atom. The lowest BCUT2D eigenvalue weighted by Gasteiger charge is -2.31. The van der Waals surface area contributed by atoms with Crippen LogP contribution in [0.4, 0.5) is 0 Å². The highest BCUT2D eigenvalue weighted by Crippen LogP contribution is 2.22. The van der Waals surface area contributed by atoms with Crippen LogP contribution in [0.2, 0.25) is 0 Å². The van der Waals surface area contributed by atoms with Crippen LogP contribution in [0.3, 0.4) is 0 Å². The van der Waals surface area contributed by atoms with Crippen molar-refractivity contribution in [3.8, 4) is 0 Å². The summed E-state index contributed by atoms with van der Waals surface area (Å²) in [6, 6.07) is 0. The van der Waals surface area contributed by atoms with E-state index in [0.29, 0.717) is 10.8 Å². The summed E-state index contributed by atoms with van der Waals surface area (Å²) in [6.45, 7) is 7.44. The Morgan fingerprint density at radius 3 is 2.75 bits per heavy atom. The van der Waals surface area contributed by atoms with Gasteiger partial charge in [-0.05, 0) is 37.2 Å². The Bertz CT molecular complexity index is 369. The minimum Gasteiger partial charge on any atom is -0.338 e. The van der Waals surface area contributed by atoms with Crippen molar-refractivity contribution in [3.63, 3.8) is 0 Å². The highest BCUT2D eigenvalue weighted by Gasteiger charge is 2.25. The number of hydrogen-bond acceptors (Lipinski definition) is 4. The summed E-state index contributed by atoms with van der Waals surface area (Å²) in [5.74, 6) is 0.778. The van der Waals surface area contributed by atoms with Crippen LogP contribution in [0, 0.1) is 19.8 Å². The molecule has 16 heavy (non-hydrogen) atoms. The van der Waals surface area contributed by atoms with Gasteiger partial charge >= 0.3 is 0 Å². The molecule has 0 spiro atoms. The topological polar surface area (TPSA) is 46.1 Å². The second-order valence-corrected chi connectivity index (χ2v) is 4.97. The molecule has 0 aliphatic carbocycles. The largest absolute Gasteiger partial charge is 0.338 e. The lowest BCUT2D eigenvalue weighted by atomic mass is 9.94. The second kappa shape index (κ2) is 4.91. The average Bonchev–Trinajstić information content (AvgIpc) is 2.75. The summed E-state index contributed by atoms with van der Waals surface area (Å²) < 4.78 is 3.80. The molecule has 1 radical (unpaired) electrons. The van der Waals surface area contributed by atoms with Crippen molar-refractivity contribution in [2.24, 2.45) is 5.92 Å². The summed E-state index contributed by atoms with van der Waals surface area (Å²) in [7, 11) is 0. The van der Waals surface area contributed by atoms with E-state index in [1.54, 1.807) is 0 Å². The molecule has 0 saturated carbocycles. The van der Waals surface area contributed by atoms with E-state index in [1.807, 2.05) is 11.8 Å². The lowest BCUT2D eigenvalue weighted by Crippen LogP contribution is -2.38. The van der Waals surface area contributed by atoms with Crippen LogP contribution in [-0.4, -0.2) is 33.5 Å². The van der Waals surface area contributed by atoms with Gasteiger partial charge in [0.1, 0.15) is 4.88 Å². The van der Waals surface area contributed by atoms with E-state index in [9.17, 15) is 4.79 Å². The van der Waals surface area contributed by atoms with E-state index in [0.717, 1.165) is 38.0 Å². The Labute approximate surface area is 99.8 Å². The van der Waals surface area contributed by atoms with Crippen molar-refractivity contribution in [1.82, 2.24) is 14.5 Å². The number of aryl methyl sites for hydroxylation is 1. The van der Waals surface area contributed by atoms with Crippen molar-refractivity contribution in [2.75, 3.05) is 13.1 Å². The van der Waals surface area contributed by atoms with Crippen molar-refractivity contribution in [2.45, 2.75) is 26.2 Å². The van der Waals surface area contributed by atoms with Crippen LogP contribution in [0.1, 0.15) is 34.6 Å². The maximum absolute atomic E-state index is 12.1. The minimum absolute atomic E-state index is 0.0926. The van der Waals surface area contributed by atoms with Crippen molar-refractivity contribution < 1.29 is 4.79 Å². The van der Waals surface area contributed by atoms with Crippen LogP contribution in [0.25, 0.3) is 0 Å². The van der Waals surface area contributed by atoms with Crippen LogP contribution in [-0.2, 0) is 0 Å².